The van der Waals surface area contributed by atoms with Gasteiger partial charge < -0.3 is 10.0 Å². The first-order valence-electron chi connectivity index (χ1n) is 7.34. The standard InChI is InChI=1S/C18H20ClNO2/c19-12-13-20(14-16-4-2-1-3-5-16)17-9-6-15(7-10-17)8-11-18(21)22/h1-7,9-10H,8,11-14H2,(H,21,22). The van der Waals surface area contributed by atoms with Crippen LogP contribution in [-0.4, -0.2) is 23.5 Å². The van der Waals surface area contributed by atoms with Gasteiger partial charge in [0.1, 0.15) is 0 Å². The molecule has 22 heavy (non-hydrogen) atoms. The maximum atomic E-state index is 10.6. The van der Waals surface area contributed by atoms with Crippen LogP contribution in [0, 0.1) is 0 Å². The van der Waals surface area contributed by atoms with Crippen LogP contribution in [-0.2, 0) is 17.8 Å². The van der Waals surface area contributed by atoms with Crippen LogP contribution in [0.5, 0.6) is 0 Å². The summed E-state index contributed by atoms with van der Waals surface area (Å²) in [6, 6.07) is 18.3. The molecule has 116 valence electrons. The Morgan fingerprint density at radius 3 is 2.27 bits per heavy atom. The second kappa shape index (κ2) is 8.44. The smallest absolute Gasteiger partial charge is 0.303 e. The summed E-state index contributed by atoms with van der Waals surface area (Å²) in [6.45, 7) is 1.58. The van der Waals surface area contributed by atoms with Crippen molar-refractivity contribution in [2.75, 3.05) is 17.3 Å². The van der Waals surface area contributed by atoms with Crippen LogP contribution in [0.15, 0.2) is 54.6 Å². The molecule has 0 radical (unpaired) electrons. The van der Waals surface area contributed by atoms with E-state index in [9.17, 15) is 4.79 Å². The van der Waals surface area contributed by atoms with Crippen LogP contribution >= 0.6 is 11.6 Å². The first-order chi connectivity index (χ1) is 10.7. The zero-order valence-corrected chi connectivity index (χ0v) is 13.2. The molecule has 0 spiro atoms. The monoisotopic (exact) mass is 317 g/mol. The second-order valence-corrected chi connectivity index (χ2v) is 5.53. The number of benzene rings is 2. The number of rotatable bonds is 8. The minimum absolute atomic E-state index is 0.161. The van der Waals surface area contributed by atoms with Crippen molar-refractivity contribution in [2.45, 2.75) is 19.4 Å². The highest BCUT2D eigenvalue weighted by atomic mass is 35.5. The van der Waals surface area contributed by atoms with Crippen molar-refractivity contribution >= 4 is 23.3 Å². The van der Waals surface area contributed by atoms with Gasteiger partial charge in [-0.2, -0.15) is 0 Å². The number of carbonyl (C=O) groups is 1. The molecule has 1 N–H and O–H groups in total. The molecular formula is C18H20ClNO2. The third-order valence-corrected chi connectivity index (χ3v) is 3.67. The van der Waals surface area contributed by atoms with Crippen molar-refractivity contribution in [3.8, 4) is 0 Å². The number of nitrogens with zero attached hydrogens (tertiary/aromatic N) is 1. The van der Waals surface area contributed by atoms with Crippen LogP contribution in [0.1, 0.15) is 17.5 Å². The highest BCUT2D eigenvalue weighted by Crippen LogP contribution is 2.19. The van der Waals surface area contributed by atoms with Crippen LogP contribution < -0.4 is 4.90 Å². The van der Waals surface area contributed by atoms with E-state index in [1.54, 1.807) is 0 Å². The summed E-state index contributed by atoms with van der Waals surface area (Å²) in [7, 11) is 0. The van der Waals surface area contributed by atoms with E-state index in [1.807, 2.05) is 42.5 Å². The van der Waals surface area contributed by atoms with Gasteiger partial charge in [-0.3, -0.25) is 4.79 Å². The maximum absolute atomic E-state index is 10.6. The molecule has 0 fully saturated rings. The number of alkyl halides is 1. The zero-order valence-electron chi connectivity index (χ0n) is 12.4. The largest absolute Gasteiger partial charge is 0.481 e. The molecule has 0 saturated heterocycles. The predicted molar refractivity (Wildman–Crippen MR) is 90.6 cm³/mol. The van der Waals surface area contributed by atoms with Crippen LogP contribution in [0.25, 0.3) is 0 Å². The van der Waals surface area contributed by atoms with Gasteiger partial charge in [0.15, 0.2) is 0 Å². The van der Waals surface area contributed by atoms with E-state index in [1.165, 1.54) is 5.56 Å². The van der Waals surface area contributed by atoms with E-state index in [-0.39, 0.29) is 6.42 Å². The highest BCUT2D eigenvalue weighted by Gasteiger charge is 2.07. The van der Waals surface area contributed by atoms with Crippen LogP contribution in [0.2, 0.25) is 0 Å². The number of anilines is 1. The van der Waals surface area contributed by atoms with Gasteiger partial charge >= 0.3 is 5.97 Å². The molecule has 0 aliphatic carbocycles. The van der Waals surface area contributed by atoms with Crippen molar-refractivity contribution < 1.29 is 9.90 Å². The van der Waals surface area contributed by atoms with E-state index in [4.69, 9.17) is 16.7 Å². The average Bonchev–Trinajstić information content (AvgIpc) is 2.54. The van der Waals surface area contributed by atoms with Crippen LogP contribution in [0.4, 0.5) is 5.69 Å². The first-order valence-corrected chi connectivity index (χ1v) is 7.88. The molecule has 0 saturated carbocycles. The molecule has 4 heteroatoms. The maximum Gasteiger partial charge on any atom is 0.303 e. The Hall–Kier alpha value is -2.00. The first kappa shape index (κ1) is 16.4. The normalized spacial score (nSPS) is 10.4. The molecule has 0 amide bonds. The number of hydrogen-bond donors (Lipinski definition) is 1. The summed E-state index contributed by atoms with van der Waals surface area (Å²) in [5, 5.41) is 8.73. The molecule has 2 aromatic carbocycles. The molecule has 3 nitrogen and oxygen atoms in total. The number of halogens is 1. The quantitative estimate of drug-likeness (QED) is 0.749. The van der Waals surface area contributed by atoms with Crippen molar-refractivity contribution in [1.82, 2.24) is 0 Å². The summed E-state index contributed by atoms with van der Waals surface area (Å²) < 4.78 is 0. The Labute approximate surface area is 136 Å². The summed E-state index contributed by atoms with van der Waals surface area (Å²) in [6.07, 6.45) is 0.721. The Kier molecular flexibility index (Phi) is 6.28. The molecule has 0 unspecified atom stereocenters. The second-order valence-electron chi connectivity index (χ2n) is 5.16. The van der Waals surface area contributed by atoms with Gasteiger partial charge in [-0.05, 0) is 29.7 Å². The minimum Gasteiger partial charge on any atom is -0.481 e. The fraction of sp³-hybridized carbons (Fsp3) is 0.278. The summed E-state index contributed by atoms with van der Waals surface area (Å²) in [5.74, 6) is -0.204. The van der Waals surface area contributed by atoms with Crippen molar-refractivity contribution in [1.29, 1.82) is 0 Å². The topological polar surface area (TPSA) is 40.5 Å². The molecule has 0 aliphatic rings. The number of carboxylic acid groups (broad SMARTS) is 1. The molecule has 0 heterocycles. The minimum atomic E-state index is -0.767. The van der Waals surface area contributed by atoms with Gasteiger partial charge in [0.25, 0.3) is 0 Å². The Morgan fingerprint density at radius 1 is 1.00 bits per heavy atom. The summed E-state index contributed by atoms with van der Waals surface area (Å²) >= 11 is 5.92. The van der Waals surface area contributed by atoms with Crippen LogP contribution in [0.3, 0.4) is 0 Å². The number of carboxylic acids is 1. The van der Waals surface area contributed by atoms with E-state index in [0.717, 1.165) is 24.3 Å². The lowest BCUT2D eigenvalue weighted by Crippen LogP contribution is -2.24. The average molecular weight is 318 g/mol. The molecule has 0 bridgehead atoms. The van der Waals surface area contributed by atoms with E-state index in [2.05, 4.69) is 17.0 Å². The molecule has 2 rings (SSSR count). The van der Waals surface area contributed by atoms with Gasteiger partial charge in [0.2, 0.25) is 0 Å². The summed E-state index contributed by atoms with van der Waals surface area (Å²) in [5.41, 5.74) is 3.38. The van der Waals surface area contributed by atoms with Crippen molar-refractivity contribution in [3.05, 3.63) is 65.7 Å². The van der Waals surface area contributed by atoms with Crippen molar-refractivity contribution in [2.24, 2.45) is 0 Å². The van der Waals surface area contributed by atoms with Gasteiger partial charge in [0.05, 0.1) is 0 Å². The van der Waals surface area contributed by atoms with Gasteiger partial charge in [-0.15, -0.1) is 11.6 Å². The molecular weight excluding hydrogens is 298 g/mol. The Bertz CT molecular complexity index is 584. The molecule has 0 atom stereocenters. The fourth-order valence-corrected chi connectivity index (χ4v) is 2.53. The van der Waals surface area contributed by atoms with E-state index >= 15 is 0 Å². The molecule has 0 aliphatic heterocycles. The lowest BCUT2D eigenvalue weighted by atomic mass is 10.1. The number of aliphatic carboxylic acids is 1. The van der Waals surface area contributed by atoms with Crippen molar-refractivity contribution in [3.63, 3.8) is 0 Å². The Balaban J connectivity index is 2.06. The number of aryl methyl sites for hydroxylation is 1. The summed E-state index contributed by atoms with van der Waals surface area (Å²) in [4.78, 5) is 12.8. The Morgan fingerprint density at radius 2 is 1.68 bits per heavy atom. The highest BCUT2D eigenvalue weighted by molar-refractivity contribution is 6.18. The number of hydrogen-bond acceptors (Lipinski definition) is 2. The van der Waals surface area contributed by atoms with E-state index in [0.29, 0.717) is 12.3 Å². The molecule has 0 aromatic heterocycles. The van der Waals surface area contributed by atoms with E-state index < -0.39 is 5.97 Å². The third-order valence-electron chi connectivity index (χ3n) is 3.50. The van der Waals surface area contributed by atoms with Gasteiger partial charge in [-0.1, -0.05) is 42.5 Å². The predicted octanol–water partition coefficient (Wildman–Crippen LogP) is 3.95. The fourth-order valence-electron chi connectivity index (χ4n) is 2.33. The lowest BCUT2D eigenvalue weighted by Gasteiger charge is -2.24. The SMILES string of the molecule is O=C(O)CCc1ccc(N(CCCl)Cc2ccccc2)cc1. The van der Waals surface area contributed by atoms with Gasteiger partial charge in [0, 0.05) is 31.1 Å². The molecule has 2 aromatic rings. The van der Waals surface area contributed by atoms with Gasteiger partial charge in [-0.25, -0.2) is 0 Å². The lowest BCUT2D eigenvalue weighted by molar-refractivity contribution is -0.136. The third kappa shape index (κ3) is 5.08. The zero-order chi connectivity index (χ0) is 15.8.